The van der Waals surface area contributed by atoms with Gasteiger partial charge >= 0.3 is 0 Å². The van der Waals surface area contributed by atoms with E-state index in [0.717, 1.165) is 0 Å². The Hall–Kier alpha value is -1.31. The number of aliphatic hydroxyl groups excluding tert-OH is 2. The van der Waals surface area contributed by atoms with E-state index in [1.165, 1.54) is 18.0 Å². The minimum atomic E-state index is -0.712. The Bertz CT molecular complexity index is 443. The van der Waals surface area contributed by atoms with Crippen molar-refractivity contribution in [1.29, 1.82) is 0 Å². The second-order valence-electron chi connectivity index (χ2n) is 3.34. The monoisotopic (exact) mass is 256 g/mol. The fourth-order valence-corrected chi connectivity index (χ4v) is 1.95. The molecule has 0 spiro atoms. The van der Waals surface area contributed by atoms with E-state index in [0.29, 0.717) is 29.0 Å². The van der Waals surface area contributed by atoms with E-state index in [9.17, 15) is 0 Å². The van der Waals surface area contributed by atoms with Crippen LogP contribution in [0.5, 0.6) is 0 Å². The van der Waals surface area contributed by atoms with Gasteiger partial charge in [0.25, 0.3) is 5.89 Å². The summed E-state index contributed by atoms with van der Waals surface area (Å²) in [4.78, 5) is 4.14. The SMILES string of the molecule is OCC(O)CSCc1noc(-c2ccco2)n1. The maximum atomic E-state index is 9.14. The highest BCUT2D eigenvalue weighted by Crippen LogP contribution is 2.19. The number of furan rings is 1. The van der Waals surface area contributed by atoms with Crippen molar-refractivity contribution in [3.05, 3.63) is 24.2 Å². The number of aromatic nitrogens is 2. The van der Waals surface area contributed by atoms with E-state index in [-0.39, 0.29) is 6.61 Å². The molecule has 0 aliphatic carbocycles. The van der Waals surface area contributed by atoms with Crippen LogP contribution in [0.3, 0.4) is 0 Å². The Labute approximate surface area is 102 Å². The molecule has 2 heterocycles. The van der Waals surface area contributed by atoms with Crippen LogP contribution in [0.4, 0.5) is 0 Å². The van der Waals surface area contributed by atoms with Crippen molar-refractivity contribution in [1.82, 2.24) is 10.1 Å². The van der Waals surface area contributed by atoms with Gasteiger partial charge in [-0.3, -0.25) is 0 Å². The maximum Gasteiger partial charge on any atom is 0.293 e. The molecule has 92 valence electrons. The first-order valence-corrected chi connectivity index (χ1v) is 6.18. The molecule has 0 fully saturated rings. The van der Waals surface area contributed by atoms with Crippen LogP contribution < -0.4 is 0 Å². The molecule has 0 saturated carbocycles. The summed E-state index contributed by atoms with van der Waals surface area (Å²) in [6.07, 6.45) is 0.822. The van der Waals surface area contributed by atoms with E-state index < -0.39 is 6.10 Å². The zero-order valence-electron chi connectivity index (χ0n) is 8.94. The van der Waals surface area contributed by atoms with Gasteiger partial charge in [0.1, 0.15) is 0 Å². The minimum Gasteiger partial charge on any atom is -0.459 e. The highest BCUT2D eigenvalue weighted by atomic mass is 32.2. The summed E-state index contributed by atoms with van der Waals surface area (Å²) in [6, 6.07) is 3.48. The lowest BCUT2D eigenvalue weighted by molar-refractivity contribution is 0.113. The summed E-state index contributed by atoms with van der Waals surface area (Å²) >= 11 is 1.42. The molecule has 0 aliphatic heterocycles. The summed E-state index contributed by atoms with van der Waals surface area (Å²) in [5.74, 6) is 2.35. The maximum absolute atomic E-state index is 9.14. The molecule has 2 rings (SSSR count). The molecule has 0 aliphatic rings. The predicted molar refractivity (Wildman–Crippen MR) is 61.3 cm³/mol. The molecule has 0 bridgehead atoms. The molecular formula is C10H12N2O4S. The second kappa shape index (κ2) is 5.85. The molecule has 0 radical (unpaired) electrons. The van der Waals surface area contributed by atoms with Crippen LogP contribution in [-0.2, 0) is 5.75 Å². The fourth-order valence-electron chi connectivity index (χ4n) is 1.15. The smallest absolute Gasteiger partial charge is 0.293 e. The largest absolute Gasteiger partial charge is 0.459 e. The van der Waals surface area contributed by atoms with E-state index in [1.807, 2.05) is 0 Å². The third kappa shape index (κ3) is 3.32. The first kappa shape index (κ1) is 12.2. The molecule has 2 aromatic rings. The van der Waals surface area contributed by atoms with Gasteiger partial charge in [-0.05, 0) is 12.1 Å². The number of rotatable bonds is 6. The van der Waals surface area contributed by atoms with Gasteiger partial charge in [0.05, 0.1) is 24.7 Å². The van der Waals surface area contributed by atoms with Crippen LogP contribution in [0.15, 0.2) is 27.3 Å². The number of hydrogen-bond donors (Lipinski definition) is 2. The van der Waals surface area contributed by atoms with Gasteiger partial charge in [-0.2, -0.15) is 16.7 Å². The second-order valence-corrected chi connectivity index (χ2v) is 4.37. The number of hydrogen-bond acceptors (Lipinski definition) is 7. The third-order valence-corrected chi connectivity index (χ3v) is 3.03. The molecule has 2 N–H and O–H groups in total. The van der Waals surface area contributed by atoms with Gasteiger partial charge in [-0.1, -0.05) is 5.16 Å². The quantitative estimate of drug-likeness (QED) is 0.793. The first-order valence-electron chi connectivity index (χ1n) is 5.02. The highest BCUT2D eigenvalue weighted by Gasteiger charge is 2.11. The van der Waals surface area contributed by atoms with Gasteiger partial charge in [0.15, 0.2) is 11.6 Å². The molecule has 0 amide bonds. The molecule has 2 aromatic heterocycles. The van der Waals surface area contributed by atoms with E-state index in [4.69, 9.17) is 19.2 Å². The van der Waals surface area contributed by atoms with E-state index >= 15 is 0 Å². The van der Waals surface area contributed by atoms with Crippen molar-refractivity contribution < 1.29 is 19.2 Å². The van der Waals surface area contributed by atoms with Gasteiger partial charge in [0, 0.05) is 5.75 Å². The molecular weight excluding hydrogens is 244 g/mol. The molecule has 0 aromatic carbocycles. The number of aliphatic hydroxyl groups is 2. The average molecular weight is 256 g/mol. The Morgan fingerprint density at radius 3 is 3.06 bits per heavy atom. The summed E-state index contributed by atoms with van der Waals surface area (Å²) in [5.41, 5.74) is 0. The lowest BCUT2D eigenvalue weighted by Crippen LogP contribution is -2.14. The highest BCUT2D eigenvalue weighted by molar-refractivity contribution is 7.98. The molecule has 0 saturated heterocycles. The van der Waals surface area contributed by atoms with Crippen molar-refractivity contribution in [2.24, 2.45) is 0 Å². The van der Waals surface area contributed by atoms with Crippen LogP contribution in [0, 0.1) is 0 Å². The van der Waals surface area contributed by atoms with Crippen LogP contribution in [0.25, 0.3) is 11.7 Å². The Morgan fingerprint density at radius 1 is 1.47 bits per heavy atom. The van der Waals surface area contributed by atoms with E-state index in [1.54, 1.807) is 12.1 Å². The zero-order valence-corrected chi connectivity index (χ0v) is 9.76. The van der Waals surface area contributed by atoms with Crippen LogP contribution in [-0.4, -0.2) is 38.8 Å². The molecule has 6 nitrogen and oxygen atoms in total. The summed E-state index contributed by atoms with van der Waals surface area (Å²) in [6.45, 7) is -0.239. The van der Waals surface area contributed by atoms with Gasteiger partial charge in [-0.25, -0.2) is 0 Å². The number of thioether (sulfide) groups is 1. The van der Waals surface area contributed by atoms with Crippen LogP contribution in [0.1, 0.15) is 5.82 Å². The zero-order chi connectivity index (χ0) is 12.1. The predicted octanol–water partition coefficient (Wildman–Crippen LogP) is 0.916. The van der Waals surface area contributed by atoms with Crippen LogP contribution in [0.2, 0.25) is 0 Å². The van der Waals surface area contributed by atoms with Gasteiger partial charge < -0.3 is 19.2 Å². The summed E-state index contributed by atoms with van der Waals surface area (Å²) < 4.78 is 10.1. The van der Waals surface area contributed by atoms with Crippen molar-refractivity contribution in [3.8, 4) is 11.7 Å². The first-order chi connectivity index (χ1) is 8.29. The molecule has 7 heteroatoms. The summed E-state index contributed by atoms with van der Waals surface area (Å²) in [5, 5.41) is 21.6. The van der Waals surface area contributed by atoms with Crippen molar-refractivity contribution in [2.45, 2.75) is 11.9 Å². The Kier molecular flexibility index (Phi) is 4.18. The lowest BCUT2D eigenvalue weighted by atomic mass is 10.4. The third-order valence-electron chi connectivity index (χ3n) is 1.95. The Morgan fingerprint density at radius 2 is 2.35 bits per heavy atom. The molecule has 1 atom stereocenters. The molecule has 1 unspecified atom stereocenters. The normalized spacial score (nSPS) is 12.8. The topological polar surface area (TPSA) is 92.5 Å². The van der Waals surface area contributed by atoms with Crippen molar-refractivity contribution in [3.63, 3.8) is 0 Å². The van der Waals surface area contributed by atoms with Crippen LogP contribution >= 0.6 is 11.8 Å². The van der Waals surface area contributed by atoms with Crippen molar-refractivity contribution in [2.75, 3.05) is 12.4 Å². The van der Waals surface area contributed by atoms with Gasteiger partial charge in [0.2, 0.25) is 0 Å². The average Bonchev–Trinajstić information content (AvgIpc) is 2.98. The standard InChI is InChI=1S/C10H12N2O4S/c13-4-7(14)5-17-6-9-11-10(16-12-9)8-2-1-3-15-8/h1-3,7,13-14H,4-6H2. The molecule has 17 heavy (non-hydrogen) atoms. The van der Waals surface area contributed by atoms with E-state index in [2.05, 4.69) is 10.1 Å². The minimum absolute atomic E-state index is 0.239. The fraction of sp³-hybridized carbons (Fsp3) is 0.400. The number of nitrogens with zero attached hydrogens (tertiary/aromatic N) is 2. The Balaban J connectivity index is 1.87. The van der Waals surface area contributed by atoms with Crippen molar-refractivity contribution >= 4 is 11.8 Å². The lowest BCUT2D eigenvalue weighted by Gasteiger charge is -2.03. The van der Waals surface area contributed by atoms with Gasteiger partial charge in [-0.15, -0.1) is 0 Å². The summed E-state index contributed by atoms with van der Waals surface area (Å²) in [7, 11) is 0.